The average molecular weight is 747 g/mol. The molecule has 0 rings (SSSR count). The van der Waals surface area contributed by atoms with Crippen LogP contribution in [-0.4, -0.2) is 107 Å². The zero-order valence-corrected chi connectivity index (χ0v) is 34.8. The van der Waals surface area contributed by atoms with Crippen molar-refractivity contribution in [2.75, 3.05) is 46.3 Å². The Bertz CT molecular complexity index is 1080. The van der Waals surface area contributed by atoms with E-state index in [9.17, 15) is 28.8 Å². The van der Waals surface area contributed by atoms with E-state index in [0.29, 0.717) is 58.4 Å². The van der Waals surface area contributed by atoms with Crippen LogP contribution in [0.25, 0.3) is 0 Å². The Morgan fingerprint density at radius 3 is 1.27 bits per heavy atom. The second kappa shape index (κ2) is 23.9. The van der Waals surface area contributed by atoms with Gasteiger partial charge in [-0.15, -0.1) is 0 Å². The molecule has 0 bridgehead atoms. The Hall–Kier alpha value is -2.45. The van der Waals surface area contributed by atoms with Crippen LogP contribution in [0.2, 0.25) is 51.4 Å². The van der Waals surface area contributed by atoms with Crippen LogP contribution < -0.4 is 31.9 Å². The van der Waals surface area contributed by atoms with E-state index in [1.165, 1.54) is 6.92 Å². The van der Waals surface area contributed by atoms with Crippen molar-refractivity contribution in [1.29, 1.82) is 0 Å². The van der Waals surface area contributed by atoms with Crippen LogP contribution in [-0.2, 0) is 37.0 Å². The first-order valence-electron chi connectivity index (χ1n) is 17.7. The molecule has 2 atom stereocenters. The van der Waals surface area contributed by atoms with Gasteiger partial charge in [0, 0.05) is 39.6 Å². The number of ketones is 1. The smallest absolute Gasteiger partial charge is 0.311 e. The number of amides is 5. The van der Waals surface area contributed by atoms with Gasteiger partial charge >= 0.3 is 32.2 Å². The normalized spacial score (nSPS) is 13.2. The standard InChI is InChI=1S/C32H66N6O8Si3/c1-25(15-11-18-34-28(40)27(3)39)23-37-31(43)29(41)35-19-12-16-26(2)24-38-32(44)30(42)36-20-14-22-48(7,8)46-49(9,10)45-47(5,6)21-13-17-33-4/h25-26,33H,11-24H2,1-10H3,(H,34,40)(H,35,41)(H,36,42)(H,37,43)(H,38,44). The van der Waals surface area contributed by atoms with E-state index in [1.807, 2.05) is 20.9 Å². The van der Waals surface area contributed by atoms with E-state index in [0.717, 1.165) is 31.5 Å². The molecule has 284 valence electrons. The Morgan fingerprint density at radius 1 is 0.531 bits per heavy atom. The molecule has 0 fully saturated rings. The fourth-order valence-electron chi connectivity index (χ4n) is 5.35. The predicted molar refractivity (Wildman–Crippen MR) is 200 cm³/mol. The number of nitrogens with one attached hydrogen (secondary N) is 6. The van der Waals surface area contributed by atoms with Gasteiger partial charge in [0.05, 0.1) is 0 Å². The fourth-order valence-corrected chi connectivity index (χ4v) is 19.4. The van der Waals surface area contributed by atoms with Crippen LogP contribution in [0.3, 0.4) is 0 Å². The molecule has 0 spiro atoms. The molecule has 5 amide bonds. The largest absolute Gasteiger partial charge is 0.437 e. The van der Waals surface area contributed by atoms with Crippen LogP contribution in [0.4, 0.5) is 0 Å². The van der Waals surface area contributed by atoms with Gasteiger partial charge in [-0.25, -0.2) is 0 Å². The number of rotatable bonds is 25. The van der Waals surface area contributed by atoms with E-state index in [2.05, 4.69) is 71.2 Å². The summed E-state index contributed by atoms with van der Waals surface area (Å²) in [7, 11) is -4.19. The highest BCUT2D eigenvalue weighted by Crippen LogP contribution is 2.25. The lowest BCUT2D eigenvalue weighted by atomic mass is 10.1. The SMILES string of the molecule is CNCCC[Si](C)(C)O[Si](C)(C)O[Si](C)(C)CCCNC(=O)C(=O)NCC(C)CCCNC(=O)C(=O)NCC(C)CCCNC(=O)C(C)=O. The molecule has 14 nitrogen and oxygen atoms in total. The zero-order valence-electron chi connectivity index (χ0n) is 31.8. The van der Waals surface area contributed by atoms with Gasteiger partial charge in [-0.3, -0.25) is 28.8 Å². The first-order chi connectivity index (χ1) is 22.7. The Morgan fingerprint density at radius 2 is 0.878 bits per heavy atom. The van der Waals surface area contributed by atoms with Crippen molar-refractivity contribution in [2.24, 2.45) is 11.8 Å². The minimum atomic E-state index is -2.30. The summed E-state index contributed by atoms with van der Waals surface area (Å²) in [5, 5.41) is 16.3. The summed E-state index contributed by atoms with van der Waals surface area (Å²) in [5.41, 5.74) is 0. The minimum absolute atomic E-state index is 0.0681. The van der Waals surface area contributed by atoms with Gasteiger partial charge in [0.1, 0.15) is 0 Å². The fraction of sp³-hybridized carbons (Fsp3) is 0.812. The second-order valence-electron chi connectivity index (χ2n) is 14.7. The maximum Gasteiger partial charge on any atom is 0.311 e. The quantitative estimate of drug-likeness (QED) is 0.0462. The van der Waals surface area contributed by atoms with E-state index >= 15 is 0 Å². The number of Topliss-reactive ketones (excluding diaryl/α,β-unsaturated/α-hetero) is 1. The van der Waals surface area contributed by atoms with Crippen LogP contribution in [0, 0.1) is 11.8 Å². The predicted octanol–water partition coefficient (Wildman–Crippen LogP) is 2.13. The highest BCUT2D eigenvalue weighted by molar-refractivity contribution is 6.87. The number of carbonyl (C=O) groups excluding carboxylic acids is 6. The van der Waals surface area contributed by atoms with Crippen molar-refractivity contribution in [3.05, 3.63) is 0 Å². The summed E-state index contributed by atoms with van der Waals surface area (Å²) < 4.78 is 13.2. The van der Waals surface area contributed by atoms with Gasteiger partial charge in [0.2, 0.25) is 5.78 Å². The lowest BCUT2D eigenvalue weighted by Gasteiger charge is -2.38. The molecular weight excluding hydrogens is 681 g/mol. The third-order valence-corrected chi connectivity index (χ3v) is 19.2. The van der Waals surface area contributed by atoms with Gasteiger partial charge in [0.15, 0.2) is 16.6 Å². The highest BCUT2D eigenvalue weighted by Gasteiger charge is 2.39. The first-order valence-corrected chi connectivity index (χ1v) is 26.7. The molecule has 0 aliphatic carbocycles. The molecule has 0 radical (unpaired) electrons. The van der Waals surface area contributed by atoms with Gasteiger partial charge in [-0.05, 0) is 115 Å². The maximum absolute atomic E-state index is 12.3. The van der Waals surface area contributed by atoms with Gasteiger partial charge in [0.25, 0.3) is 5.91 Å². The van der Waals surface area contributed by atoms with E-state index in [4.69, 9.17) is 8.23 Å². The summed E-state index contributed by atoms with van der Waals surface area (Å²) in [6, 6.07) is 1.93. The lowest BCUT2D eigenvalue weighted by molar-refractivity contribution is -0.139. The van der Waals surface area contributed by atoms with Gasteiger partial charge in [-0.2, -0.15) is 0 Å². The molecule has 49 heavy (non-hydrogen) atoms. The summed E-state index contributed by atoms with van der Waals surface area (Å²) in [5.74, 6) is -3.74. The van der Waals surface area contributed by atoms with Crippen LogP contribution in [0.1, 0.15) is 59.3 Å². The van der Waals surface area contributed by atoms with Crippen molar-refractivity contribution < 1.29 is 37.0 Å². The molecule has 0 saturated carbocycles. The summed E-state index contributed by atoms with van der Waals surface area (Å²) in [6.07, 6.45) is 4.45. The molecule has 2 unspecified atom stereocenters. The third kappa shape index (κ3) is 24.4. The van der Waals surface area contributed by atoms with Crippen LogP contribution in [0.5, 0.6) is 0 Å². The topological polar surface area (TPSA) is 193 Å². The number of carbonyl (C=O) groups is 6. The molecule has 0 aromatic heterocycles. The first kappa shape index (κ1) is 46.6. The summed E-state index contributed by atoms with van der Waals surface area (Å²) >= 11 is 0. The zero-order chi connectivity index (χ0) is 37.7. The van der Waals surface area contributed by atoms with E-state index < -0.39 is 60.5 Å². The van der Waals surface area contributed by atoms with E-state index in [1.54, 1.807) is 0 Å². The van der Waals surface area contributed by atoms with Crippen molar-refractivity contribution in [1.82, 2.24) is 31.9 Å². The number of hydrogen-bond acceptors (Lipinski definition) is 9. The Balaban J connectivity index is 4.18. The number of hydrogen-bond donors (Lipinski definition) is 6. The van der Waals surface area contributed by atoms with Crippen molar-refractivity contribution in [3.8, 4) is 0 Å². The molecule has 0 aromatic carbocycles. The molecule has 6 N–H and O–H groups in total. The molecule has 0 aromatic rings. The molecular formula is C32H66N6O8Si3. The van der Waals surface area contributed by atoms with Crippen molar-refractivity contribution >= 4 is 60.5 Å². The molecule has 0 aliphatic rings. The highest BCUT2D eigenvalue weighted by atomic mass is 28.5. The maximum atomic E-state index is 12.3. The van der Waals surface area contributed by atoms with Crippen LogP contribution >= 0.6 is 0 Å². The molecule has 0 aliphatic heterocycles. The second-order valence-corrected chi connectivity index (χ2v) is 27.1. The molecule has 17 heteroatoms. The van der Waals surface area contributed by atoms with Gasteiger partial charge < -0.3 is 40.1 Å². The molecule has 0 saturated heterocycles. The summed E-state index contributed by atoms with van der Waals surface area (Å²) in [6.45, 7) is 20.8. The monoisotopic (exact) mass is 746 g/mol. The lowest BCUT2D eigenvalue weighted by Crippen LogP contribution is -2.52. The van der Waals surface area contributed by atoms with Crippen molar-refractivity contribution in [3.63, 3.8) is 0 Å². The molecule has 0 heterocycles. The van der Waals surface area contributed by atoms with Crippen molar-refractivity contribution in [2.45, 2.75) is 111 Å². The van der Waals surface area contributed by atoms with E-state index in [-0.39, 0.29) is 11.8 Å². The summed E-state index contributed by atoms with van der Waals surface area (Å²) in [4.78, 5) is 70.9. The Labute approximate surface area is 297 Å². The Kier molecular flexibility index (Phi) is 22.7. The third-order valence-electron chi connectivity index (χ3n) is 7.76. The minimum Gasteiger partial charge on any atom is -0.437 e. The van der Waals surface area contributed by atoms with Crippen LogP contribution in [0.15, 0.2) is 0 Å². The average Bonchev–Trinajstić information content (AvgIpc) is 2.99. The van der Waals surface area contributed by atoms with Gasteiger partial charge in [-0.1, -0.05) is 13.8 Å².